The van der Waals surface area contributed by atoms with Crippen molar-refractivity contribution in [1.29, 1.82) is 0 Å². The molecular formula is C32H43N2O4P. The van der Waals surface area contributed by atoms with Crippen molar-refractivity contribution < 1.29 is 19.3 Å². The minimum atomic E-state index is -3.77. The number of unbranched alkanes of at least 4 members (excludes halogenated alkanes) is 2. The van der Waals surface area contributed by atoms with Crippen molar-refractivity contribution in [2.24, 2.45) is 0 Å². The number of nitrogens with zero attached hydrogens (tertiary/aromatic N) is 2. The monoisotopic (exact) mass is 550 g/mol. The van der Waals surface area contributed by atoms with Gasteiger partial charge in [-0.15, -0.1) is 0 Å². The van der Waals surface area contributed by atoms with Gasteiger partial charge in [0, 0.05) is 13.1 Å². The van der Waals surface area contributed by atoms with Gasteiger partial charge in [0.25, 0.3) is 0 Å². The average molecular weight is 551 g/mol. The van der Waals surface area contributed by atoms with E-state index in [1.165, 1.54) is 0 Å². The molecule has 2 N–H and O–H groups in total. The lowest BCUT2D eigenvalue weighted by Gasteiger charge is -2.41. The summed E-state index contributed by atoms with van der Waals surface area (Å²) in [6.45, 7) is 5.18. The number of benzene rings is 3. The van der Waals surface area contributed by atoms with E-state index in [0.29, 0.717) is 31.7 Å². The quantitative estimate of drug-likeness (QED) is 0.257. The van der Waals surface area contributed by atoms with E-state index in [1.807, 2.05) is 100 Å². The van der Waals surface area contributed by atoms with Crippen LogP contribution in [0, 0.1) is 0 Å². The van der Waals surface area contributed by atoms with Crippen LogP contribution in [0.3, 0.4) is 0 Å². The van der Waals surface area contributed by atoms with E-state index in [4.69, 9.17) is 4.52 Å². The molecule has 39 heavy (non-hydrogen) atoms. The second kappa shape index (κ2) is 14.2. The van der Waals surface area contributed by atoms with Gasteiger partial charge in [-0.1, -0.05) is 106 Å². The minimum absolute atomic E-state index is 0.449. The Labute approximate surface area is 233 Å². The predicted molar refractivity (Wildman–Crippen MR) is 158 cm³/mol. The van der Waals surface area contributed by atoms with Crippen LogP contribution in [0.4, 0.5) is 0 Å². The highest BCUT2D eigenvalue weighted by Gasteiger charge is 2.54. The summed E-state index contributed by atoms with van der Waals surface area (Å²) in [6.07, 6.45) is 2.06. The van der Waals surface area contributed by atoms with Crippen molar-refractivity contribution in [3.05, 3.63) is 102 Å². The van der Waals surface area contributed by atoms with Gasteiger partial charge in [-0.25, -0.2) is 13.9 Å². The van der Waals surface area contributed by atoms with Gasteiger partial charge in [0.15, 0.2) is 0 Å². The molecule has 7 heteroatoms. The molecule has 4 atom stereocenters. The molecule has 1 saturated heterocycles. The third-order valence-corrected chi connectivity index (χ3v) is 10.3. The lowest BCUT2D eigenvalue weighted by molar-refractivity contribution is -0.0396. The fourth-order valence-corrected chi connectivity index (χ4v) is 8.32. The van der Waals surface area contributed by atoms with Crippen LogP contribution >= 0.6 is 7.67 Å². The summed E-state index contributed by atoms with van der Waals surface area (Å²) in [5.74, 6) is 0.520. The molecule has 0 radical (unpaired) electrons. The number of hydrogen-bond donors (Lipinski definition) is 2. The first-order valence-corrected chi connectivity index (χ1v) is 15.8. The third-order valence-electron chi connectivity index (χ3n) is 7.58. The van der Waals surface area contributed by atoms with E-state index in [-0.39, 0.29) is 0 Å². The zero-order valence-corrected chi connectivity index (χ0v) is 24.1. The van der Waals surface area contributed by atoms with Gasteiger partial charge in [0.1, 0.15) is 5.75 Å². The van der Waals surface area contributed by atoms with Crippen molar-refractivity contribution in [2.45, 2.75) is 76.7 Å². The van der Waals surface area contributed by atoms with Crippen molar-refractivity contribution in [3.63, 3.8) is 0 Å². The van der Waals surface area contributed by atoms with Crippen LogP contribution in [0.1, 0.15) is 50.7 Å². The molecule has 210 valence electrons. The van der Waals surface area contributed by atoms with Crippen LogP contribution < -0.4 is 4.52 Å². The van der Waals surface area contributed by atoms with Crippen LogP contribution in [-0.4, -0.2) is 56.9 Å². The molecule has 4 unspecified atom stereocenters. The Hall–Kier alpha value is -2.47. The second-order valence-corrected chi connectivity index (χ2v) is 12.6. The van der Waals surface area contributed by atoms with Gasteiger partial charge < -0.3 is 14.7 Å². The van der Waals surface area contributed by atoms with Gasteiger partial charge in [-0.3, -0.25) is 0 Å². The number of aliphatic hydroxyl groups excluding tert-OH is 2. The Bertz CT molecular complexity index is 1100. The van der Waals surface area contributed by atoms with Crippen LogP contribution in [0.15, 0.2) is 91.0 Å². The van der Waals surface area contributed by atoms with E-state index in [1.54, 1.807) is 0 Å². The van der Waals surface area contributed by atoms with E-state index in [0.717, 1.165) is 36.8 Å². The summed E-state index contributed by atoms with van der Waals surface area (Å²) in [5.41, 5.74) is 2.03. The summed E-state index contributed by atoms with van der Waals surface area (Å²) in [7, 11) is -3.77. The SMILES string of the molecule is CCCCN1C(Cc2ccccc2)C(O)C(O)C(Cc2ccccc2)N(CCCC)P1(=O)Oc1ccccc1. The molecule has 1 fully saturated rings. The largest absolute Gasteiger partial charge is 0.422 e. The maximum absolute atomic E-state index is 15.6. The predicted octanol–water partition coefficient (Wildman–Crippen LogP) is 6.34. The fraction of sp³-hybridized carbons (Fsp3) is 0.438. The molecule has 0 spiro atoms. The Morgan fingerprint density at radius 3 is 1.44 bits per heavy atom. The lowest BCUT2D eigenvalue weighted by atomic mass is 9.91. The molecule has 0 aromatic heterocycles. The Balaban J connectivity index is 1.87. The second-order valence-electron chi connectivity index (χ2n) is 10.4. The molecule has 0 bridgehead atoms. The molecule has 0 aliphatic carbocycles. The van der Waals surface area contributed by atoms with Crippen molar-refractivity contribution in [2.75, 3.05) is 13.1 Å². The Kier molecular flexibility index (Phi) is 10.8. The first-order valence-electron chi connectivity index (χ1n) is 14.3. The summed E-state index contributed by atoms with van der Waals surface area (Å²) < 4.78 is 25.9. The summed E-state index contributed by atoms with van der Waals surface area (Å²) in [5, 5.41) is 23.7. The van der Waals surface area contributed by atoms with E-state index >= 15 is 4.57 Å². The van der Waals surface area contributed by atoms with Gasteiger partial charge in [-0.2, -0.15) is 0 Å². The zero-order chi connectivity index (χ0) is 27.7. The molecule has 6 nitrogen and oxygen atoms in total. The topological polar surface area (TPSA) is 73.2 Å². The Morgan fingerprint density at radius 2 is 1.05 bits per heavy atom. The van der Waals surface area contributed by atoms with E-state index in [9.17, 15) is 10.2 Å². The molecule has 0 saturated carbocycles. The molecule has 4 rings (SSSR count). The van der Waals surface area contributed by atoms with Crippen molar-refractivity contribution in [1.82, 2.24) is 9.34 Å². The maximum Gasteiger partial charge on any atom is 0.396 e. The van der Waals surface area contributed by atoms with Crippen molar-refractivity contribution >= 4 is 7.67 Å². The highest BCUT2D eigenvalue weighted by atomic mass is 31.2. The van der Waals surface area contributed by atoms with Gasteiger partial charge in [0.05, 0.1) is 24.3 Å². The standard InChI is InChI=1S/C32H43N2O4P/c1-3-5-22-33-29(24-26-16-10-7-11-17-26)31(35)32(36)30(25-27-18-12-8-13-19-27)34(23-6-4-2)39(33,37)38-28-20-14-9-15-21-28/h7-21,29-32,35-36H,3-6,22-25H2,1-2H3. The van der Waals surface area contributed by atoms with Crippen molar-refractivity contribution in [3.8, 4) is 5.75 Å². The average Bonchev–Trinajstić information content (AvgIpc) is 3.01. The number of aliphatic hydroxyl groups is 2. The highest BCUT2D eigenvalue weighted by Crippen LogP contribution is 2.59. The normalized spacial score (nSPS) is 26.3. The zero-order valence-electron chi connectivity index (χ0n) is 23.2. The fourth-order valence-electron chi connectivity index (χ4n) is 5.44. The van der Waals surface area contributed by atoms with Gasteiger partial charge in [-0.05, 0) is 48.9 Å². The molecule has 0 amide bonds. The van der Waals surface area contributed by atoms with E-state index < -0.39 is 32.0 Å². The smallest absolute Gasteiger partial charge is 0.396 e. The molecule has 1 aliphatic heterocycles. The molecule has 3 aromatic rings. The number of hydrogen-bond acceptors (Lipinski definition) is 4. The van der Waals surface area contributed by atoms with Gasteiger partial charge >= 0.3 is 7.67 Å². The molecule has 3 aromatic carbocycles. The Morgan fingerprint density at radius 1 is 0.667 bits per heavy atom. The number of para-hydroxylation sites is 1. The molecule has 1 heterocycles. The van der Waals surface area contributed by atoms with Crippen LogP contribution in [0.25, 0.3) is 0 Å². The molecular weight excluding hydrogens is 507 g/mol. The third kappa shape index (κ3) is 7.19. The molecule has 1 aliphatic rings. The maximum atomic E-state index is 15.6. The first kappa shape index (κ1) is 29.5. The van der Waals surface area contributed by atoms with Crippen LogP contribution in [0.5, 0.6) is 5.75 Å². The highest BCUT2D eigenvalue weighted by molar-refractivity contribution is 7.54. The number of rotatable bonds is 12. The minimum Gasteiger partial charge on any atom is -0.422 e. The summed E-state index contributed by atoms with van der Waals surface area (Å²) in [4.78, 5) is 0. The van der Waals surface area contributed by atoms with Gasteiger partial charge in [0.2, 0.25) is 0 Å². The van der Waals surface area contributed by atoms with Crippen LogP contribution in [0.2, 0.25) is 0 Å². The van der Waals surface area contributed by atoms with E-state index in [2.05, 4.69) is 13.8 Å². The first-order chi connectivity index (χ1) is 19.0. The summed E-state index contributed by atoms with van der Waals surface area (Å²) in [6, 6.07) is 28.0. The summed E-state index contributed by atoms with van der Waals surface area (Å²) >= 11 is 0. The lowest BCUT2D eigenvalue weighted by Crippen LogP contribution is -2.50. The van der Waals surface area contributed by atoms with Crippen LogP contribution in [-0.2, 0) is 17.4 Å².